The molecule has 0 saturated carbocycles. The minimum atomic E-state index is -5.03. The highest BCUT2D eigenvalue weighted by molar-refractivity contribution is 7.90. The maximum Gasteiger partial charge on any atom is 0.469 e. The smallest absolute Gasteiger partial charge is 0.396 e. The van der Waals surface area contributed by atoms with Crippen molar-refractivity contribution < 1.29 is 41.2 Å². The van der Waals surface area contributed by atoms with Crippen molar-refractivity contribution in [1.82, 2.24) is 9.55 Å². The highest BCUT2D eigenvalue weighted by Crippen LogP contribution is 2.42. The molecule has 0 fully saturated rings. The van der Waals surface area contributed by atoms with E-state index in [9.17, 15) is 18.1 Å². The number of aliphatic hydroxyl groups excluding tert-OH is 1. The maximum atomic E-state index is 15.9. The standard InChI is InChI=1S/C29H29Cl2F2N2O7PS/c1-16(14-36)24-13-35(28(34-24)29(2,3)27-20(30)6-5-7-21(27)31)25-9-8-17(10-23(25)33)18-11-22(32)19(15-42-43(37,38)39)26(12-18)44(4,40)41/h5-13,16,36H,14-15H2,1-4H3,(H2,37,38,39). The quantitative estimate of drug-likeness (QED) is 0.159. The molecule has 0 amide bonds. The number of benzene rings is 3. The van der Waals surface area contributed by atoms with Crippen molar-refractivity contribution in [3.05, 3.63) is 99.1 Å². The van der Waals surface area contributed by atoms with Gasteiger partial charge in [0.25, 0.3) is 0 Å². The van der Waals surface area contributed by atoms with Gasteiger partial charge in [0, 0.05) is 39.5 Å². The van der Waals surface area contributed by atoms with Gasteiger partial charge >= 0.3 is 7.82 Å². The van der Waals surface area contributed by atoms with Gasteiger partial charge in [0.2, 0.25) is 0 Å². The van der Waals surface area contributed by atoms with Crippen LogP contribution >= 0.6 is 31.0 Å². The third-order valence-electron chi connectivity index (χ3n) is 7.12. The van der Waals surface area contributed by atoms with Crippen LogP contribution in [0.3, 0.4) is 0 Å². The number of imidazole rings is 1. The van der Waals surface area contributed by atoms with Gasteiger partial charge in [-0.2, -0.15) is 0 Å². The third-order valence-corrected chi connectivity index (χ3v) is 9.38. The maximum absolute atomic E-state index is 15.9. The fourth-order valence-corrected chi connectivity index (χ4v) is 6.95. The monoisotopic (exact) mass is 688 g/mol. The molecule has 0 spiro atoms. The Balaban J connectivity index is 1.86. The molecule has 3 aromatic carbocycles. The summed E-state index contributed by atoms with van der Waals surface area (Å²) in [6.45, 7) is 4.19. The number of aromatic nitrogens is 2. The average Bonchev–Trinajstić information content (AvgIpc) is 3.36. The van der Waals surface area contributed by atoms with Crippen LogP contribution in [0, 0.1) is 11.6 Å². The summed E-state index contributed by atoms with van der Waals surface area (Å²) in [5.41, 5.74) is -0.317. The van der Waals surface area contributed by atoms with Crippen LogP contribution in [0.15, 0.2) is 59.6 Å². The molecular weight excluding hydrogens is 660 g/mol. The van der Waals surface area contributed by atoms with Crippen molar-refractivity contribution in [2.75, 3.05) is 12.9 Å². The lowest BCUT2D eigenvalue weighted by molar-refractivity contribution is 0.185. The largest absolute Gasteiger partial charge is 0.469 e. The summed E-state index contributed by atoms with van der Waals surface area (Å²) in [5, 5.41) is 10.5. The number of hydrogen-bond donors (Lipinski definition) is 3. The summed E-state index contributed by atoms with van der Waals surface area (Å²) in [4.78, 5) is 22.2. The minimum Gasteiger partial charge on any atom is -0.396 e. The molecule has 44 heavy (non-hydrogen) atoms. The van der Waals surface area contributed by atoms with Gasteiger partial charge in [-0.25, -0.2) is 26.7 Å². The van der Waals surface area contributed by atoms with Crippen LogP contribution in [0.1, 0.15) is 49.3 Å². The zero-order valence-electron chi connectivity index (χ0n) is 23.9. The molecule has 3 N–H and O–H groups in total. The van der Waals surface area contributed by atoms with E-state index < -0.39 is 51.8 Å². The first-order valence-electron chi connectivity index (χ1n) is 13.0. The van der Waals surface area contributed by atoms with E-state index in [2.05, 4.69) is 4.52 Å². The fourth-order valence-electron chi connectivity index (χ4n) is 4.84. The predicted molar refractivity (Wildman–Crippen MR) is 163 cm³/mol. The van der Waals surface area contributed by atoms with Crippen molar-refractivity contribution in [1.29, 1.82) is 0 Å². The highest BCUT2D eigenvalue weighted by atomic mass is 35.5. The molecular formula is C29H29Cl2F2N2O7PS. The number of nitrogens with zero attached hydrogens (tertiary/aromatic N) is 2. The predicted octanol–water partition coefficient (Wildman–Crippen LogP) is 6.56. The molecule has 1 unspecified atom stereocenters. The van der Waals surface area contributed by atoms with Gasteiger partial charge in [0.15, 0.2) is 9.84 Å². The van der Waals surface area contributed by atoms with E-state index in [1.165, 1.54) is 16.7 Å². The Kier molecular flexibility index (Phi) is 9.81. The Hall–Kier alpha value is -2.67. The summed E-state index contributed by atoms with van der Waals surface area (Å²) in [6.07, 6.45) is 2.40. The van der Waals surface area contributed by atoms with E-state index >= 15 is 8.78 Å². The Labute approximate surface area is 263 Å². The Bertz CT molecular complexity index is 1870. The molecule has 9 nitrogen and oxygen atoms in total. The molecule has 0 radical (unpaired) electrons. The first-order chi connectivity index (χ1) is 20.3. The highest BCUT2D eigenvalue weighted by Gasteiger charge is 2.34. The minimum absolute atomic E-state index is 0.00284. The summed E-state index contributed by atoms with van der Waals surface area (Å²) in [5.74, 6) is -1.89. The van der Waals surface area contributed by atoms with Crippen LogP contribution in [0.4, 0.5) is 8.78 Å². The number of hydrogen-bond acceptors (Lipinski definition) is 6. The van der Waals surface area contributed by atoms with Crippen molar-refractivity contribution >= 4 is 40.9 Å². The first-order valence-corrected chi connectivity index (χ1v) is 17.2. The molecule has 15 heteroatoms. The summed E-state index contributed by atoms with van der Waals surface area (Å²) in [7, 11) is -9.13. The van der Waals surface area contributed by atoms with Gasteiger partial charge in [-0.05, 0) is 61.4 Å². The van der Waals surface area contributed by atoms with Crippen molar-refractivity contribution in [3.63, 3.8) is 0 Å². The van der Waals surface area contributed by atoms with Gasteiger partial charge in [0.1, 0.15) is 17.5 Å². The zero-order chi connectivity index (χ0) is 32.8. The van der Waals surface area contributed by atoms with E-state index in [0.717, 1.165) is 24.5 Å². The topological polar surface area (TPSA) is 139 Å². The molecule has 1 heterocycles. The molecule has 0 bridgehead atoms. The Morgan fingerprint density at radius 3 is 2.20 bits per heavy atom. The van der Waals surface area contributed by atoms with E-state index in [1.54, 1.807) is 31.3 Å². The third kappa shape index (κ3) is 7.08. The molecule has 0 saturated heterocycles. The second-order valence-electron chi connectivity index (χ2n) is 10.8. The van der Waals surface area contributed by atoms with Gasteiger partial charge in [-0.3, -0.25) is 9.09 Å². The van der Waals surface area contributed by atoms with E-state index in [4.69, 9.17) is 38.0 Å². The van der Waals surface area contributed by atoms with Crippen molar-refractivity contribution in [2.24, 2.45) is 0 Å². The molecule has 236 valence electrons. The molecule has 1 atom stereocenters. The van der Waals surface area contributed by atoms with Crippen LogP contribution in [0.2, 0.25) is 10.0 Å². The summed E-state index contributed by atoms with van der Waals surface area (Å²) in [6, 6.07) is 11.0. The lowest BCUT2D eigenvalue weighted by atomic mass is 9.83. The SMILES string of the molecule is CC(CO)c1cn(-c2ccc(-c3cc(F)c(COP(=O)(O)O)c(S(C)(=O)=O)c3)cc2F)c(C(C)(C)c2c(Cl)cccc2Cl)n1. The van der Waals surface area contributed by atoms with E-state index in [-0.39, 0.29) is 29.3 Å². The number of phosphoric ester groups is 1. The second kappa shape index (κ2) is 12.6. The second-order valence-corrected chi connectivity index (χ2v) is 14.8. The van der Waals surface area contributed by atoms with Gasteiger partial charge in [-0.15, -0.1) is 0 Å². The molecule has 0 aliphatic carbocycles. The molecule has 1 aromatic heterocycles. The van der Waals surface area contributed by atoms with Crippen LogP contribution in [-0.2, 0) is 30.9 Å². The lowest BCUT2D eigenvalue weighted by Gasteiger charge is -2.28. The first kappa shape index (κ1) is 34.2. The molecule has 0 aliphatic rings. The Morgan fingerprint density at radius 2 is 1.66 bits per heavy atom. The van der Waals surface area contributed by atoms with Gasteiger partial charge < -0.3 is 14.9 Å². The Morgan fingerprint density at radius 1 is 1.05 bits per heavy atom. The lowest BCUT2D eigenvalue weighted by Crippen LogP contribution is -2.25. The van der Waals surface area contributed by atoms with Crippen LogP contribution in [-0.4, -0.2) is 45.7 Å². The molecule has 4 rings (SSSR count). The van der Waals surface area contributed by atoms with Crippen molar-refractivity contribution in [2.45, 2.75) is 43.6 Å². The molecule has 0 aliphatic heterocycles. The number of sulfone groups is 1. The van der Waals surface area contributed by atoms with Gasteiger partial charge in [0.05, 0.1) is 34.9 Å². The number of aliphatic hydroxyl groups is 1. The number of rotatable bonds is 10. The normalized spacial score (nSPS) is 13.3. The van der Waals surface area contributed by atoms with Crippen molar-refractivity contribution in [3.8, 4) is 16.8 Å². The zero-order valence-corrected chi connectivity index (χ0v) is 27.1. The number of phosphoric acid groups is 1. The summed E-state index contributed by atoms with van der Waals surface area (Å²) < 4.78 is 73.0. The fraction of sp³-hybridized carbons (Fsp3) is 0.276. The van der Waals surface area contributed by atoms with Crippen LogP contribution < -0.4 is 0 Å². The van der Waals surface area contributed by atoms with Gasteiger partial charge in [-0.1, -0.05) is 42.3 Å². The van der Waals surface area contributed by atoms with Crippen LogP contribution in [0.25, 0.3) is 16.8 Å². The van der Waals surface area contributed by atoms with E-state index in [1.807, 2.05) is 13.8 Å². The van der Waals surface area contributed by atoms with E-state index in [0.29, 0.717) is 27.1 Å². The summed E-state index contributed by atoms with van der Waals surface area (Å²) >= 11 is 13.1. The molecule has 4 aromatic rings. The average molecular weight is 690 g/mol. The van der Waals surface area contributed by atoms with Crippen LogP contribution in [0.5, 0.6) is 0 Å². The number of halogens is 4.